The van der Waals surface area contributed by atoms with Gasteiger partial charge in [0.25, 0.3) is 0 Å². The molecule has 0 amide bonds. The number of aliphatic hydroxyl groups is 1. The van der Waals surface area contributed by atoms with Crippen LogP contribution < -0.4 is 10.6 Å². The van der Waals surface area contributed by atoms with Gasteiger partial charge in [-0.3, -0.25) is 0 Å². The van der Waals surface area contributed by atoms with Crippen LogP contribution in [0.3, 0.4) is 0 Å². The van der Waals surface area contributed by atoms with Crippen LogP contribution in [0.15, 0.2) is 64.5 Å². The molecule has 0 saturated carbocycles. The SMILES string of the molecule is CCNC(=NCc1cccc(Cn2ccnc2)c1)NCC(C)(O)c1ccc(C)o1.I. The van der Waals surface area contributed by atoms with E-state index in [9.17, 15) is 5.11 Å². The summed E-state index contributed by atoms with van der Waals surface area (Å²) in [6.07, 6.45) is 5.54. The van der Waals surface area contributed by atoms with E-state index >= 15 is 0 Å². The second-order valence-corrected chi connectivity index (χ2v) is 7.29. The van der Waals surface area contributed by atoms with Crippen molar-refractivity contribution >= 4 is 29.9 Å². The molecule has 1 unspecified atom stereocenters. The van der Waals surface area contributed by atoms with Crippen molar-refractivity contribution in [2.75, 3.05) is 13.1 Å². The van der Waals surface area contributed by atoms with E-state index in [1.165, 1.54) is 5.56 Å². The van der Waals surface area contributed by atoms with Crippen molar-refractivity contribution < 1.29 is 9.52 Å². The molecule has 0 aliphatic carbocycles. The van der Waals surface area contributed by atoms with Gasteiger partial charge in [0.2, 0.25) is 0 Å². The molecule has 1 aromatic carbocycles. The molecule has 0 aliphatic heterocycles. The highest BCUT2D eigenvalue weighted by Crippen LogP contribution is 2.21. The zero-order chi connectivity index (χ0) is 20.7. The summed E-state index contributed by atoms with van der Waals surface area (Å²) in [5.41, 5.74) is 1.19. The molecule has 0 spiro atoms. The third-order valence-electron chi connectivity index (χ3n) is 4.55. The number of nitrogens with one attached hydrogen (secondary N) is 2. The van der Waals surface area contributed by atoms with E-state index in [2.05, 4.69) is 38.8 Å². The molecule has 7 nitrogen and oxygen atoms in total. The van der Waals surface area contributed by atoms with Gasteiger partial charge in [0.15, 0.2) is 5.96 Å². The Balaban J connectivity index is 0.00000320. The summed E-state index contributed by atoms with van der Waals surface area (Å²) in [6.45, 7) is 7.93. The average Bonchev–Trinajstić information content (AvgIpc) is 3.36. The molecule has 3 rings (SSSR count). The number of hydrogen-bond donors (Lipinski definition) is 3. The maximum atomic E-state index is 10.7. The van der Waals surface area contributed by atoms with E-state index in [1.807, 2.05) is 43.1 Å². The fraction of sp³-hybridized carbons (Fsp3) is 0.364. The Kier molecular flexibility index (Phi) is 8.91. The van der Waals surface area contributed by atoms with Gasteiger partial charge < -0.3 is 24.7 Å². The van der Waals surface area contributed by atoms with Crippen molar-refractivity contribution in [3.63, 3.8) is 0 Å². The average molecular weight is 523 g/mol. The smallest absolute Gasteiger partial charge is 0.191 e. The third kappa shape index (κ3) is 6.88. The fourth-order valence-corrected chi connectivity index (χ4v) is 3.00. The number of halogens is 1. The summed E-state index contributed by atoms with van der Waals surface area (Å²) >= 11 is 0. The standard InChI is InChI=1S/C22H29N5O2.HI/c1-4-24-21(26-15-22(3,28)20-9-8-17(2)29-20)25-13-18-6-5-7-19(12-18)14-27-11-10-23-16-27;/h5-12,16,28H,4,13-15H2,1-3H3,(H2,24,25,26);1H. The topological polar surface area (TPSA) is 87.6 Å². The van der Waals surface area contributed by atoms with E-state index in [0.29, 0.717) is 18.3 Å². The largest absolute Gasteiger partial charge is 0.463 e. The zero-order valence-corrected chi connectivity index (χ0v) is 20.0. The first-order valence-electron chi connectivity index (χ1n) is 9.81. The second-order valence-electron chi connectivity index (χ2n) is 7.29. The molecule has 2 aromatic heterocycles. The number of aliphatic imine (C=N–C) groups is 1. The van der Waals surface area contributed by atoms with Crippen LogP contribution in [-0.4, -0.2) is 33.7 Å². The molecule has 0 radical (unpaired) electrons. The highest BCUT2D eigenvalue weighted by Gasteiger charge is 2.27. The van der Waals surface area contributed by atoms with Gasteiger partial charge in [-0.1, -0.05) is 24.3 Å². The number of benzene rings is 1. The second kappa shape index (κ2) is 11.2. The molecule has 0 fully saturated rings. The molecule has 0 bridgehead atoms. The molecular formula is C22H30IN5O2. The van der Waals surface area contributed by atoms with Crippen LogP contribution in [0.2, 0.25) is 0 Å². The van der Waals surface area contributed by atoms with E-state index in [4.69, 9.17) is 4.42 Å². The number of nitrogens with zero attached hydrogens (tertiary/aromatic N) is 3. The van der Waals surface area contributed by atoms with Crippen molar-refractivity contribution in [1.29, 1.82) is 0 Å². The van der Waals surface area contributed by atoms with Gasteiger partial charge in [0.05, 0.1) is 19.4 Å². The number of guanidine groups is 1. The minimum absolute atomic E-state index is 0. The first-order chi connectivity index (χ1) is 14.0. The van der Waals surface area contributed by atoms with Gasteiger partial charge in [-0.05, 0) is 44.0 Å². The Labute approximate surface area is 194 Å². The number of hydrogen-bond acceptors (Lipinski definition) is 4. The zero-order valence-electron chi connectivity index (χ0n) is 17.6. The lowest BCUT2D eigenvalue weighted by Crippen LogP contribution is -2.44. The molecule has 0 aliphatic rings. The summed E-state index contributed by atoms with van der Waals surface area (Å²) in [7, 11) is 0. The monoisotopic (exact) mass is 523 g/mol. The number of aromatic nitrogens is 2. The number of furan rings is 1. The summed E-state index contributed by atoms with van der Waals surface area (Å²) in [4.78, 5) is 8.74. The summed E-state index contributed by atoms with van der Waals surface area (Å²) in [5, 5.41) is 17.1. The maximum absolute atomic E-state index is 10.7. The summed E-state index contributed by atoms with van der Waals surface area (Å²) < 4.78 is 7.60. The van der Waals surface area contributed by atoms with Gasteiger partial charge >= 0.3 is 0 Å². The lowest BCUT2D eigenvalue weighted by Gasteiger charge is -2.22. The lowest BCUT2D eigenvalue weighted by atomic mass is 10.0. The number of aryl methyl sites for hydroxylation is 1. The molecule has 3 aromatic rings. The Bertz CT molecular complexity index is 935. The van der Waals surface area contributed by atoms with E-state index in [-0.39, 0.29) is 30.5 Å². The van der Waals surface area contributed by atoms with Crippen LogP contribution in [-0.2, 0) is 18.7 Å². The Hall–Kier alpha value is -2.33. The summed E-state index contributed by atoms with van der Waals surface area (Å²) in [6, 6.07) is 12.0. The van der Waals surface area contributed by atoms with Crippen LogP contribution in [0, 0.1) is 6.92 Å². The van der Waals surface area contributed by atoms with Gasteiger partial charge in [0, 0.05) is 25.5 Å². The van der Waals surface area contributed by atoms with Gasteiger partial charge in [-0.25, -0.2) is 9.98 Å². The Morgan fingerprint density at radius 1 is 1.23 bits per heavy atom. The maximum Gasteiger partial charge on any atom is 0.191 e. The molecule has 162 valence electrons. The quantitative estimate of drug-likeness (QED) is 0.239. The molecule has 30 heavy (non-hydrogen) atoms. The minimum atomic E-state index is -1.13. The molecular weight excluding hydrogens is 493 g/mol. The Morgan fingerprint density at radius 3 is 2.70 bits per heavy atom. The van der Waals surface area contributed by atoms with Gasteiger partial charge in [-0.15, -0.1) is 24.0 Å². The first kappa shape index (κ1) is 23.9. The normalized spacial score (nSPS) is 13.4. The van der Waals surface area contributed by atoms with Gasteiger partial charge in [0.1, 0.15) is 17.1 Å². The van der Waals surface area contributed by atoms with Gasteiger partial charge in [-0.2, -0.15) is 0 Å². The molecule has 2 heterocycles. The molecule has 8 heteroatoms. The van der Waals surface area contributed by atoms with Crippen molar-refractivity contribution in [2.24, 2.45) is 4.99 Å². The van der Waals surface area contributed by atoms with E-state index in [1.54, 1.807) is 19.2 Å². The van der Waals surface area contributed by atoms with Crippen LogP contribution in [0.5, 0.6) is 0 Å². The number of imidazole rings is 1. The highest BCUT2D eigenvalue weighted by atomic mass is 127. The molecule has 3 N–H and O–H groups in total. The number of rotatable bonds is 8. The Morgan fingerprint density at radius 2 is 2.03 bits per heavy atom. The minimum Gasteiger partial charge on any atom is -0.463 e. The highest BCUT2D eigenvalue weighted by molar-refractivity contribution is 14.0. The predicted molar refractivity (Wildman–Crippen MR) is 129 cm³/mol. The van der Waals surface area contributed by atoms with Crippen LogP contribution in [0.1, 0.15) is 36.5 Å². The van der Waals surface area contributed by atoms with Crippen molar-refractivity contribution in [1.82, 2.24) is 20.2 Å². The van der Waals surface area contributed by atoms with Crippen molar-refractivity contribution in [2.45, 2.75) is 39.5 Å². The van der Waals surface area contributed by atoms with Crippen LogP contribution in [0.25, 0.3) is 0 Å². The van der Waals surface area contributed by atoms with Crippen molar-refractivity contribution in [3.05, 3.63) is 77.8 Å². The van der Waals surface area contributed by atoms with Crippen LogP contribution >= 0.6 is 24.0 Å². The third-order valence-corrected chi connectivity index (χ3v) is 4.55. The summed E-state index contributed by atoms with van der Waals surface area (Å²) in [5.74, 6) is 1.96. The van der Waals surface area contributed by atoms with E-state index in [0.717, 1.165) is 24.4 Å². The molecule has 0 saturated heterocycles. The fourth-order valence-electron chi connectivity index (χ4n) is 3.00. The van der Waals surface area contributed by atoms with E-state index < -0.39 is 5.60 Å². The predicted octanol–water partition coefficient (Wildman–Crippen LogP) is 3.41. The molecule has 1 atom stereocenters. The first-order valence-corrected chi connectivity index (χ1v) is 9.81. The lowest BCUT2D eigenvalue weighted by molar-refractivity contribution is 0.0378. The van der Waals surface area contributed by atoms with Crippen molar-refractivity contribution in [3.8, 4) is 0 Å². The van der Waals surface area contributed by atoms with Crippen LogP contribution in [0.4, 0.5) is 0 Å².